The highest BCUT2D eigenvalue weighted by Crippen LogP contribution is 2.21. The Morgan fingerprint density at radius 3 is 2.38 bits per heavy atom. The Morgan fingerprint density at radius 2 is 1.81 bits per heavy atom. The summed E-state index contributed by atoms with van der Waals surface area (Å²) in [6.45, 7) is 1.55. The monoisotopic (exact) mass is 232 g/mol. The molecule has 1 heterocycles. The maximum atomic E-state index is 5.57. The molecule has 0 aliphatic carbocycles. The Morgan fingerprint density at radius 1 is 1.12 bits per heavy atom. The van der Waals surface area contributed by atoms with Crippen LogP contribution in [0, 0.1) is 0 Å². The van der Waals surface area contributed by atoms with Crippen molar-refractivity contribution >= 4 is 16.3 Å². The van der Waals surface area contributed by atoms with Gasteiger partial charge in [-0.2, -0.15) is 0 Å². The third-order valence-electron chi connectivity index (χ3n) is 2.56. The van der Waals surface area contributed by atoms with Crippen molar-refractivity contribution in [1.29, 1.82) is 0 Å². The van der Waals surface area contributed by atoms with E-state index in [4.69, 9.17) is 5.73 Å². The maximum Gasteiger partial charge on any atom is 0.0908 e. The van der Waals surface area contributed by atoms with E-state index in [-0.39, 0.29) is 0 Å². The van der Waals surface area contributed by atoms with E-state index in [1.54, 1.807) is 11.3 Å². The zero-order chi connectivity index (χ0) is 11.4. The van der Waals surface area contributed by atoms with Gasteiger partial charge in [0.1, 0.15) is 0 Å². The molecule has 3 heteroatoms. The molecule has 0 spiro atoms. The van der Waals surface area contributed by atoms with Crippen LogP contribution in [0.4, 0.5) is 5.00 Å². The molecule has 2 aromatic rings. The highest BCUT2D eigenvalue weighted by Gasteiger charge is 2.02. The molecule has 1 aromatic heterocycles. The van der Waals surface area contributed by atoms with E-state index < -0.39 is 0 Å². The summed E-state index contributed by atoms with van der Waals surface area (Å²) in [5.41, 5.74) is 8.07. The van der Waals surface area contributed by atoms with Crippen LogP contribution in [0.5, 0.6) is 0 Å². The van der Waals surface area contributed by atoms with E-state index in [0.29, 0.717) is 6.54 Å². The molecule has 0 aliphatic rings. The van der Waals surface area contributed by atoms with Gasteiger partial charge in [0.25, 0.3) is 0 Å². The normalized spacial score (nSPS) is 10.4. The molecule has 0 bridgehead atoms. The van der Waals surface area contributed by atoms with Crippen LogP contribution in [0.15, 0.2) is 41.8 Å². The second-order valence-corrected chi connectivity index (χ2v) is 4.75. The van der Waals surface area contributed by atoms with Gasteiger partial charge in [-0.25, -0.2) is 0 Å². The van der Waals surface area contributed by atoms with Gasteiger partial charge in [0, 0.05) is 20.1 Å². The number of anilines is 1. The number of nitrogens with zero attached hydrogens (tertiary/aromatic N) is 1. The van der Waals surface area contributed by atoms with Crippen LogP contribution in [0.2, 0.25) is 0 Å². The van der Waals surface area contributed by atoms with E-state index >= 15 is 0 Å². The number of rotatable bonds is 4. The fourth-order valence-corrected chi connectivity index (χ4v) is 2.32. The molecule has 0 aliphatic heterocycles. The summed E-state index contributed by atoms with van der Waals surface area (Å²) in [5.74, 6) is 0. The van der Waals surface area contributed by atoms with Gasteiger partial charge in [-0.15, -0.1) is 11.3 Å². The van der Waals surface area contributed by atoms with Crippen LogP contribution in [0.25, 0.3) is 0 Å². The first kappa shape index (κ1) is 11.2. The quantitative estimate of drug-likeness (QED) is 0.878. The minimum atomic E-state index is 0.612. The van der Waals surface area contributed by atoms with Gasteiger partial charge in [0.15, 0.2) is 0 Å². The lowest BCUT2D eigenvalue weighted by Gasteiger charge is -2.17. The molecule has 0 amide bonds. The van der Waals surface area contributed by atoms with Crippen molar-refractivity contribution in [3.05, 3.63) is 52.9 Å². The molecule has 2 rings (SSSR count). The molecule has 0 saturated heterocycles. The van der Waals surface area contributed by atoms with E-state index in [1.807, 2.05) is 0 Å². The van der Waals surface area contributed by atoms with Crippen LogP contribution >= 0.6 is 11.3 Å². The van der Waals surface area contributed by atoms with E-state index in [2.05, 4.69) is 53.7 Å². The predicted octanol–water partition coefficient (Wildman–Crippen LogP) is 2.84. The van der Waals surface area contributed by atoms with Crippen molar-refractivity contribution in [1.82, 2.24) is 0 Å². The first-order valence-corrected chi connectivity index (χ1v) is 6.20. The van der Waals surface area contributed by atoms with Crippen LogP contribution < -0.4 is 10.6 Å². The zero-order valence-electron chi connectivity index (χ0n) is 9.39. The number of thiophene rings is 1. The van der Waals surface area contributed by atoms with E-state index in [0.717, 1.165) is 6.54 Å². The van der Waals surface area contributed by atoms with Crippen molar-refractivity contribution in [2.75, 3.05) is 11.9 Å². The summed E-state index contributed by atoms with van der Waals surface area (Å²) < 4.78 is 0. The Labute approximate surface area is 100 Å². The first-order valence-electron chi connectivity index (χ1n) is 5.32. The van der Waals surface area contributed by atoms with Crippen molar-refractivity contribution in [2.24, 2.45) is 5.73 Å². The Balaban J connectivity index is 2.03. The topological polar surface area (TPSA) is 29.3 Å². The van der Waals surface area contributed by atoms with E-state index in [1.165, 1.54) is 16.1 Å². The first-order chi connectivity index (χ1) is 7.79. The average Bonchev–Trinajstić information content (AvgIpc) is 2.83. The summed E-state index contributed by atoms with van der Waals surface area (Å²) in [6, 6.07) is 12.7. The lowest BCUT2D eigenvalue weighted by atomic mass is 10.1. The minimum Gasteiger partial charge on any atom is -0.362 e. The largest absolute Gasteiger partial charge is 0.362 e. The highest BCUT2D eigenvalue weighted by atomic mass is 32.1. The van der Waals surface area contributed by atoms with Crippen LogP contribution in [0.3, 0.4) is 0 Å². The summed E-state index contributed by atoms with van der Waals surface area (Å²) in [7, 11) is 2.11. The number of hydrogen-bond donors (Lipinski definition) is 1. The minimum absolute atomic E-state index is 0.612. The van der Waals surface area contributed by atoms with Gasteiger partial charge < -0.3 is 10.6 Å². The second-order valence-electron chi connectivity index (χ2n) is 3.83. The molecule has 2 N–H and O–H groups in total. The van der Waals surface area contributed by atoms with Crippen LogP contribution in [-0.4, -0.2) is 7.05 Å². The molecule has 2 nitrogen and oxygen atoms in total. The average molecular weight is 232 g/mol. The maximum absolute atomic E-state index is 5.57. The summed E-state index contributed by atoms with van der Waals surface area (Å²) in [6.07, 6.45) is 0. The predicted molar refractivity (Wildman–Crippen MR) is 70.8 cm³/mol. The number of nitrogens with two attached hydrogens (primary N) is 1. The van der Waals surface area contributed by atoms with Crippen LogP contribution in [-0.2, 0) is 13.1 Å². The van der Waals surface area contributed by atoms with Gasteiger partial charge in [-0.3, -0.25) is 0 Å². The SMILES string of the molecule is CN(Cc1ccc(CN)cc1)c1cccs1. The molecular weight excluding hydrogens is 216 g/mol. The zero-order valence-corrected chi connectivity index (χ0v) is 10.2. The molecule has 0 unspecified atom stereocenters. The molecule has 16 heavy (non-hydrogen) atoms. The molecular formula is C13H16N2S. The van der Waals surface area contributed by atoms with Crippen molar-refractivity contribution in [3.8, 4) is 0 Å². The standard InChI is InChI=1S/C13H16N2S/c1-15(13-3-2-8-16-13)10-12-6-4-11(9-14)5-7-12/h2-8H,9-10,14H2,1H3. The third-order valence-corrected chi connectivity index (χ3v) is 3.54. The Bertz CT molecular complexity index is 420. The van der Waals surface area contributed by atoms with Gasteiger partial charge in [0.05, 0.1) is 5.00 Å². The summed E-state index contributed by atoms with van der Waals surface area (Å²) >= 11 is 1.76. The molecule has 0 fully saturated rings. The van der Waals surface area contributed by atoms with E-state index in [9.17, 15) is 0 Å². The lowest BCUT2D eigenvalue weighted by molar-refractivity contribution is 0.931. The number of benzene rings is 1. The second kappa shape index (κ2) is 5.14. The molecule has 84 valence electrons. The van der Waals surface area contributed by atoms with Crippen molar-refractivity contribution in [3.63, 3.8) is 0 Å². The highest BCUT2D eigenvalue weighted by molar-refractivity contribution is 7.14. The van der Waals surface area contributed by atoms with Crippen molar-refractivity contribution in [2.45, 2.75) is 13.1 Å². The third kappa shape index (κ3) is 2.62. The molecule has 0 atom stereocenters. The fraction of sp³-hybridized carbons (Fsp3) is 0.231. The fourth-order valence-electron chi connectivity index (χ4n) is 1.62. The van der Waals surface area contributed by atoms with Gasteiger partial charge in [-0.1, -0.05) is 24.3 Å². The lowest BCUT2D eigenvalue weighted by Crippen LogP contribution is -2.14. The Hall–Kier alpha value is -1.32. The van der Waals surface area contributed by atoms with Crippen molar-refractivity contribution < 1.29 is 0 Å². The molecule has 0 radical (unpaired) electrons. The van der Waals surface area contributed by atoms with Gasteiger partial charge >= 0.3 is 0 Å². The number of hydrogen-bond acceptors (Lipinski definition) is 3. The summed E-state index contributed by atoms with van der Waals surface area (Å²) in [5, 5.41) is 3.39. The van der Waals surface area contributed by atoms with Crippen LogP contribution in [0.1, 0.15) is 11.1 Å². The Kier molecular flexibility index (Phi) is 3.59. The molecule has 0 saturated carbocycles. The van der Waals surface area contributed by atoms with Gasteiger partial charge in [-0.05, 0) is 28.6 Å². The summed E-state index contributed by atoms with van der Waals surface area (Å²) in [4.78, 5) is 2.25. The van der Waals surface area contributed by atoms with Gasteiger partial charge in [0.2, 0.25) is 0 Å². The smallest absolute Gasteiger partial charge is 0.0908 e. The molecule has 1 aromatic carbocycles.